The van der Waals surface area contributed by atoms with Crippen LogP contribution in [0, 0.1) is 0 Å². The molecule has 2 aromatic rings. The molecule has 1 aliphatic carbocycles. The van der Waals surface area contributed by atoms with Gasteiger partial charge in [-0.05, 0) is 48.0 Å². The van der Waals surface area contributed by atoms with Crippen LogP contribution in [0.4, 0.5) is 5.69 Å². The van der Waals surface area contributed by atoms with Crippen molar-refractivity contribution < 1.29 is 0 Å². The lowest BCUT2D eigenvalue weighted by Gasteiger charge is -2.34. The lowest BCUT2D eigenvalue weighted by molar-refractivity contribution is 0.505. The molecule has 0 aromatic heterocycles. The largest absolute Gasteiger partial charge is 0.349 e. The Morgan fingerprint density at radius 1 is 1.16 bits per heavy atom. The average Bonchev–Trinajstić information content (AvgIpc) is 3.23. The Morgan fingerprint density at radius 3 is 2.68 bits per heavy atom. The third-order valence-corrected chi connectivity index (χ3v) is 6.18. The fourth-order valence-corrected chi connectivity index (χ4v) is 5.07. The molecule has 4 rings (SSSR count). The summed E-state index contributed by atoms with van der Waals surface area (Å²) in [5.74, 6) is 1.14. The Morgan fingerprint density at radius 2 is 1.92 bits per heavy atom. The van der Waals surface area contributed by atoms with E-state index in [1.807, 2.05) is 42.1 Å². The number of benzene rings is 2. The summed E-state index contributed by atoms with van der Waals surface area (Å²) in [6.07, 6.45) is 2.31. The maximum Gasteiger partial charge on any atom is 0.171 e. The molecule has 2 atom stereocenters. The molecule has 0 radical (unpaired) electrons. The summed E-state index contributed by atoms with van der Waals surface area (Å²) in [5, 5.41) is 11.5. The number of fused-ring (bicyclic) bond motifs is 1. The zero-order chi connectivity index (χ0) is 17.3. The molecule has 5 heteroatoms. The highest BCUT2D eigenvalue weighted by molar-refractivity contribution is 8.00. The van der Waals surface area contributed by atoms with Crippen LogP contribution in [0.15, 0.2) is 60.2 Å². The summed E-state index contributed by atoms with van der Waals surface area (Å²) >= 11 is 7.59. The maximum atomic E-state index is 5.62. The zero-order valence-corrected chi connectivity index (χ0v) is 15.7. The quantitative estimate of drug-likeness (QED) is 0.716. The number of para-hydroxylation sites is 1. The van der Waals surface area contributed by atoms with Gasteiger partial charge in [-0.25, -0.2) is 0 Å². The van der Waals surface area contributed by atoms with Crippen LogP contribution in [0.1, 0.15) is 18.1 Å². The van der Waals surface area contributed by atoms with Crippen molar-refractivity contribution in [1.29, 1.82) is 0 Å². The standard InChI is InChI=1S/C20H21N3S2/c1-20(23-19(24)22-15-8-3-2-4-9-15)16-10-6-5-7-14(16)13-17(20)18-21-11-12-25-18/h2-10,13,18,21H,11-12H2,1H3,(H2,22,23,24). The molecule has 0 saturated carbocycles. The second-order valence-corrected chi connectivity index (χ2v) is 8.08. The molecule has 128 valence electrons. The van der Waals surface area contributed by atoms with Gasteiger partial charge in [0.1, 0.15) is 0 Å². The van der Waals surface area contributed by atoms with Gasteiger partial charge < -0.3 is 16.0 Å². The predicted octanol–water partition coefficient (Wildman–Crippen LogP) is 3.95. The van der Waals surface area contributed by atoms with Crippen LogP contribution in [0.25, 0.3) is 6.08 Å². The summed E-state index contributed by atoms with van der Waals surface area (Å²) in [4.78, 5) is 0. The van der Waals surface area contributed by atoms with Crippen molar-refractivity contribution in [3.8, 4) is 0 Å². The van der Waals surface area contributed by atoms with Crippen LogP contribution in [-0.4, -0.2) is 22.8 Å². The van der Waals surface area contributed by atoms with Gasteiger partial charge in [0.2, 0.25) is 0 Å². The van der Waals surface area contributed by atoms with Gasteiger partial charge in [-0.2, -0.15) is 0 Å². The van der Waals surface area contributed by atoms with Gasteiger partial charge in [-0.15, -0.1) is 11.8 Å². The molecular weight excluding hydrogens is 346 g/mol. The second-order valence-electron chi connectivity index (χ2n) is 6.46. The van der Waals surface area contributed by atoms with E-state index in [1.165, 1.54) is 16.7 Å². The van der Waals surface area contributed by atoms with Gasteiger partial charge in [0.05, 0.1) is 10.9 Å². The number of nitrogens with one attached hydrogen (secondary N) is 3. The van der Waals surface area contributed by atoms with Crippen LogP contribution < -0.4 is 16.0 Å². The molecule has 3 N–H and O–H groups in total. The Labute approximate surface area is 158 Å². The molecule has 2 aromatic carbocycles. The third kappa shape index (κ3) is 3.19. The fourth-order valence-electron chi connectivity index (χ4n) is 3.56. The molecule has 0 bridgehead atoms. The summed E-state index contributed by atoms with van der Waals surface area (Å²) in [6.45, 7) is 3.27. The second kappa shape index (κ2) is 6.83. The van der Waals surface area contributed by atoms with E-state index in [4.69, 9.17) is 12.2 Å². The predicted molar refractivity (Wildman–Crippen MR) is 112 cm³/mol. The topological polar surface area (TPSA) is 36.1 Å². The average molecular weight is 368 g/mol. The number of hydrogen-bond acceptors (Lipinski definition) is 3. The molecule has 0 spiro atoms. The van der Waals surface area contributed by atoms with Crippen molar-refractivity contribution in [2.75, 3.05) is 17.6 Å². The lowest BCUT2D eigenvalue weighted by Crippen LogP contribution is -2.48. The van der Waals surface area contributed by atoms with Gasteiger partial charge in [0.25, 0.3) is 0 Å². The van der Waals surface area contributed by atoms with E-state index in [0.717, 1.165) is 18.0 Å². The monoisotopic (exact) mass is 367 g/mol. The minimum atomic E-state index is -0.315. The Kier molecular flexibility index (Phi) is 4.54. The molecule has 25 heavy (non-hydrogen) atoms. The van der Waals surface area contributed by atoms with Crippen molar-refractivity contribution in [1.82, 2.24) is 10.6 Å². The van der Waals surface area contributed by atoms with Crippen LogP contribution in [-0.2, 0) is 5.54 Å². The minimum absolute atomic E-state index is 0.315. The molecule has 1 aliphatic heterocycles. The van der Waals surface area contributed by atoms with E-state index in [0.29, 0.717) is 10.5 Å². The normalized spacial score (nSPS) is 24.5. The molecule has 1 heterocycles. The first-order chi connectivity index (χ1) is 12.2. The first kappa shape index (κ1) is 16.6. The molecule has 0 amide bonds. The van der Waals surface area contributed by atoms with Crippen LogP contribution in [0.2, 0.25) is 0 Å². The van der Waals surface area contributed by atoms with E-state index >= 15 is 0 Å². The van der Waals surface area contributed by atoms with Crippen molar-refractivity contribution in [3.05, 3.63) is 71.3 Å². The van der Waals surface area contributed by atoms with E-state index in [-0.39, 0.29) is 5.54 Å². The molecule has 1 fully saturated rings. The highest BCUT2D eigenvalue weighted by Gasteiger charge is 2.42. The van der Waals surface area contributed by atoms with Crippen LogP contribution in [0.5, 0.6) is 0 Å². The van der Waals surface area contributed by atoms with Crippen LogP contribution >= 0.6 is 24.0 Å². The summed E-state index contributed by atoms with van der Waals surface area (Å²) in [7, 11) is 0. The van der Waals surface area contributed by atoms with Gasteiger partial charge in [-0.1, -0.05) is 48.5 Å². The Bertz CT molecular complexity index is 813. The van der Waals surface area contributed by atoms with E-state index in [9.17, 15) is 0 Å². The number of rotatable bonds is 3. The van der Waals surface area contributed by atoms with E-state index < -0.39 is 0 Å². The van der Waals surface area contributed by atoms with Crippen molar-refractivity contribution >= 4 is 40.9 Å². The fraction of sp³-hybridized carbons (Fsp3) is 0.250. The minimum Gasteiger partial charge on any atom is -0.349 e. The summed E-state index contributed by atoms with van der Waals surface area (Å²) in [6, 6.07) is 18.6. The number of thioether (sulfide) groups is 1. The maximum absolute atomic E-state index is 5.62. The lowest BCUT2D eigenvalue weighted by atomic mass is 9.88. The molecule has 1 saturated heterocycles. The van der Waals surface area contributed by atoms with E-state index in [2.05, 4.69) is 53.2 Å². The number of thiocarbonyl (C=S) groups is 1. The van der Waals surface area contributed by atoms with Crippen molar-refractivity contribution in [3.63, 3.8) is 0 Å². The summed E-state index contributed by atoms with van der Waals surface area (Å²) in [5.41, 5.74) is 4.56. The SMILES string of the molecule is CC1(NC(=S)Nc2ccccc2)C(C2NCCS2)=Cc2ccccc21. The molecule has 2 aliphatic rings. The molecule has 2 unspecified atom stereocenters. The van der Waals surface area contributed by atoms with Crippen LogP contribution in [0.3, 0.4) is 0 Å². The van der Waals surface area contributed by atoms with E-state index in [1.54, 1.807) is 0 Å². The smallest absolute Gasteiger partial charge is 0.171 e. The van der Waals surface area contributed by atoms with Crippen molar-refractivity contribution in [2.45, 2.75) is 17.8 Å². The van der Waals surface area contributed by atoms with Gasteiger partial charge in [-0.3, -0.25) is 0 Å². The van der Waals surface area contributed by atoms with Crippen molar-refractivity contribution in [2.24, 2.45) is 0 Å². The first-order valence-corrected chi connectivity index (χ1v) is 9.93. The third-order valence-electron chi connectivity index (χ3n) is 4.78. The Balaban J connectivity index is 1.62. The molecular formula is C20H21N3S2. The van der Waals surface area contributed by atoms with Gasteiger partial charge in [0.15, 0.2) is 5.11 Å². The number of anilines is 1. The Hall–Kier alpha value is -1.82. The van der Waals surface area contributed by atoms with Gasteiger partial charge in [0, 0.05) is 18.0 Å². The highest BCUT2D eigenvalue weighted by atomic mass is 32.2. The summed E-state index contributed by atoms with van der Waals surface area (Å²) < 4.78 is 0. The number of hydrogen-bond donors (Lipinski definition) is 3. The molecule has 3 nitrogen and oxygen atoms in total. The zero-order valence-electron chi connectivity index (χ0n) is 14.1. The highest BCUT2D eigenvalue weighted by Crippen LogP contribution is 2.44. The van der Waals surface area contributed by atoms with Gasteiger partial charge >= 0.3 is 0 Å². The first-order valence-electron chi connectivity index (χ1n) is 8.47.